The Morgan fingerprint density at radius 3 is 2.13 bits per heavy atom. The van der Waals surface area contributed by atoms with Crippen LogP contribution in [0.2, 0.25) is 5.02 Å². The monoisotopic (exact) mass is 458 g/mol. The molecule has 31 heavy (non-hydrogen) atoms. The number of hydrogen-bond donors (Lipinski definition) is 0. The maximum Gasteiger partial charge on any atom is 0.246 e. The molecule has 0 N–H and O–H groups in total. The molecule has 0 unspecified atom stereocenters. The third kappa shape index (κ3) is 4.35. The highest BCUT2D eigenvalue weighted by Crippen LogP contribution is 2.32. The van der Waals surface area contributed by atoms with Gasteiger partial charge in [-0.15, -0.1) is 0 Å². The van der Waals surface area contributed by atoms with Gasteiger partial charge in [0.05, 0.1) is 28.3 Å². The number of sulfonamides is 1. The van der Waals surface area contributed by atoms with E-state index in [-0.39, 0.29) is 4.90 Å². The molecule has 6 nitrogen and oxygen atoms in total. The number of nitrogens with zero attached hydrogens (tertiary/aromatic N) is 4. The van der Waals surface area contributed by atoms with Gasteiger partial charge in [0, 0.05) is 31.6 Å². The van der Waals surface area contributed by atoms with Crippen molar-refractivity contribution in [3.63, 3.8) is 0 Å². The molecule has 8 heteroatoms. The molecule has 2 aromatic carbocycles. The van der Waals surface area contributed by atoms with E-state index in [9.17, 15) is 8.42 Å². The maximum atomic E-state index is 13.6. The molecule has 0 spiro atoms. The number of anilines is 1. The van der Waals surface area contributed by atoms with Crippen LogP contribution >= 0.6 is 11.6 Å². The van der Waals surface area contributed by atoms with Gasteiger partial charge in [0.15, 0.2) is 0 Å². The highest BCUT2D eigenvalue weighted by Gasteiger charge is 2.36. The van der Waals surface area contributed by atoms with Crippen LogP contribution in [0, 0.1) is 0 Å². The fraction of sp³-hybridized carbons (Fsp3) is 0.348. The summed E-state index contributed by atoms with van der Waals surface area (Å²) in [7, 11) is -3.69. The predicted molar refractivity (Wildman–Crippen MR) is 125 cm³/mol. The standard InChI is InChI=1S/C23H27ClN4O2S/c1-23(2,3)22-21(17-28(25-22)18-9-5-4-6-10-18)31(29,30)27-15-13-26(14-16-27)20-12-8-7-11-19(20)24/h4-12,17H,13-16H2,1-3H3. The minimum absolute atomic E-state index is 0.273. The Morgan fingerprint density at radius 2 is 1.52 bits per heavy atom. The van der Waals surface area contributed by atoms with Gasteiger partial charge in [0.1, 0.15) is 4.90 Å². The summed E-state index contributed by atoms with van der Waals surface area (Å²) in [6.45, 7) is 7.92. The van der Waals surface area contributed by atoms with Crippen LogP contribution < -0.4 is 4.90 Å². The first kappa shape index (κ1) is 21.9. The number of piperazine rings is 1. The van der Waals surface area contributed by atoms with Crippen molar-refractivity contribution in [2.45, 2.75) is 31.1 Å². The topological polar surface area (TPSA) is 58.4 Å². The quantitative estimate of drug-likeness (QED) is 0.583. The molecule has 1 saturated heterocycles. The molecular weight excluding hydrogens is 432 g/mol. The maximum absolute atomic E-state index is 13.6. The first-order valence-electron chi connectivity index (χ1n) is 10.3. The molecule has 0 saturated carbocycles. The van der Waals surface area contributed by atoms with Crippen LogP contribution in [0.3, 0.4) is 0 Å². The second kappa shape index (κ2) is 8.30. The summed E-state index contributed by atoms with van der Waals surface area (Å²) in [6, 6.07) is 17.2. The van der Waals surface area contributed by atoms with Gasteiger partial charge in [0.25, 0.3) is 0 Å². The summed E-state index contributed by atoms with van der Waals surface area (Å²) < 4.78 is 30.5. The summed E-state index contributed by atoms with van der Waals surface area (Å²) in [4.78, 5) is 2.40. The van der Waals surface area contributed by atoms with Crippen LogP contribution in [0.25, 0.3) is 5.69 Å². The van der Waals surface area contributed by atoms with Crippen LogP contribution in [-0.2, 0) is 15.4 Å². The summed E-state index contributed by atoms with van der Waals surface area (Å²) in [5.41, 5.74) is 1.93. The van der Waals surface area contributed by atoms with Crippen molar-refractivity contribution in [1.82, 2.24) is 14.1 Å². The van der Waals surface area contributed by atoms with Crippen molar-refractivity contribution in [3.8, 4) is 5.69 Å². The highest BCUT2D eigenvalue weighted by molar-refractivity contribution is 7.89. The molecule has 164 valence electrons. The van der Waals surface area contributed by atoms with E-state index in [0.717, 1.165) is 11.4 Å². The second-order valence-electron chi connectivity index (χ2n) is 8.71. The van der Waals surface area contributed by atoms with Crippen LogP contribution in [0.15, 0.2) is 65.7 Å². The Bertz CT molecular complexity index is 1160. The molecule has 0 radical (unpaired) electrons. The van der Waals surface area contributed by atoms with E-state index < -0.39 is 15.4 Å². The minimum Gasteiger partial charge on any atom is -0.368 e. The molecule has 0 aliphatic carbocycles. The first-order chi connectivity index (χ1) is 14.7. The van der Waals surface area contributed by atoms with Crippen molar-refractivity contribution >= 4 is 27.3 Å². The van der Waals surface area contributed by atoms with Crippen LogP contribution in [0.5, 0.6) is 0 Å². The van der Waals surface area contributed by atoms with E-state index in [1.54, 1.807) is 15.2 Å². The van der Waals surface area contributed by atoms with Crippen LogP contribution in [0.1, 0.15) is 26.5 Å². The zero-order valence-corrected chi connectivity index (χ0v) is 19.6. The van der Waals surface area contributed by atoms with Gasteiger partial charge in [-0.05, 0) is 24.3 Å². The van der Waals surface area contributed by atoms with E-state index in [0.29, 0.717) is 36.9 Å². The lowest BCUT2D eigenvalue weighted by atomic mass is 9.92. The van der Waals surface area contributed by atoms with E-state index >= 15 is 0 Å². The van der Waals surface area contributed by atoms with Crippen LogP contribution in [-0.4, -0.2) is 48.7 Å². The van der Waals surface area contributed by atoms with Gasteiger partial charge in [-0.25, -0.2) is 13.1 Å². The van der Waals surface area contributed by atoms with Crippen molar-refractivity contribution in [2.75, 3.05) is 31.1 Å². The molecule has 0 amide bonds. The lowest BCUT2D eigenvalue weighted by Gasteiger charge is -2.36. The number of benzene rings is 2. The van der Waals surface area contributed by atoms with Gasteiger partial charge in [-0.3, -0.25) is 0 Å². The fourth-order valence-corrected chi connectivity index (χ4v) is 5.80. The number of hydrogen-bond acceptors (Lipinski definition) is 4. The molecule has 1 aliphatic heterocycles. The minimum atomic E-state index is -3.69. The Kier molecular flexibility index (Phi) is 5.85. The molecule has 1 fully saturated rings. The van der Waals surface area contributed by atoms with Crippen molar-refractivity contribution in [1.29, 1.82) is 0 Å². The zero-order chi connectivity index (χ0) is 22.2. The van der Waals surface area contributed by atoms with E-state index in [4.69, 9.17) is 11.6 Å². The SMILES string of the molecule is CC(C)(C)c1nn(-c2ccccc2)cc1S(=O)(=O)N1CCN(c2ccccc2Cl)CC1. The normalized spacial score (nSPS) is 15.9. The van der Waals surface area contributed by atoms with Crippen molar-refractivity contribution < 1.29 is 8.42 Å². The van der Waals surface area contributed by atoms with Gasteiger partial charge in [0.2, 0.25) is 10.0 Å². The number of rotatable bonds is 4. The molecule has 0 atom stereocenters. The summed E-state index contributed by atoms with van der Waals surface area (Å²) in [5.74, 6) is 0. The number of aromatic nitrogens is 2. The predicted octanol–water partition coefficient (Wildman–Crippen LogP) is 4.33. The molecule has 3 aromatic rings. The molecule has 2 heterocycles. The Morgan fingerprint density at radius 1 is 0.903 bits per heavy atom. The van der Waals surface area contributed by atoms with Gasteiger partial charge >= 0.3 is 0 Å². The van der Waals surface area contributed by atoms with E-state index in [1.807, 2.05) is 75.4 Å². The molecule has 1 aromatic heterocycles. The van der Waals surface area contributed by atoms with Crippen molar-refractivity contribution in [2.24, 2.45) is 0 Å². The third-order valence-corrected chi connectivity index (χ3v) is 7.68. The van der Waals surface area contributed by atoms with Crippen molar-refractivity contribution in [3.05, 3.63) is 71.5 Å². The summed E-state index contributed by atoms with van der Waals surface area (Å²) in [6.07, 6.45) is 1.64. The zero-order valence-electron chi connectivity index (χ0n) is 18.0. The average molecular weight is 459 g/mol. The summed E-state index contributed by atoms with van der Waals surface area (Å²) in [5, 5.41) is 5.35. The average Bonchev–Trinajstić information content (AvgIpc) is 3.22. The Balaban J connectivity index is 1.63. The van der Waals surface area contributed by atoms with Crippen LogP contribution in [0.4, 0.5) is 5.69 Å². The second-order valence-corrected chi connectivity index (χ2v) is 11.0. The summed E-state index contributed by atoms with van der Waals surface area (Å²) >= 11 is 6.33. The largest absolute Gasteiger partial charge is 0.368 e. The van der Waals surface area contributed by atoms with Gasteiger partial charge in [-0.2, -0.15) is 9.40 Å². The molecule has 0 bridgehead atoms. The Hall–Kier alpha value is -2.35. The molecule has 1 aliphatic rings. The lowest BCUT2D eigenvalue weighted by Crippen LogP contribution is -2.49. The fourth-order valence-electron chi connectivity index (χ4n) is 3.80. The number of halogens is 1. The smallest absolute Gasteiger partial charge is 0.246 e. The highest BCUT2D eigenvalue weighted by atomic mass is 35.5. The lowest BCUT2D eigenvalue weighted by molar-refractivity contribution is 0.383. The van der Waals surface area contributed by atoms with E-state index in [2.05, 4.69) is 10.00 Å². The molecule has 4 rings (SSSR count). The Labute approximate surface area is 189 Å². The van der Waals surface area contributed by atoms with Gasteiger partial charge < -0.3 is 4.90 Å². The molecular formula is C23H27ClN4O2S. The number of para-hydroxylation sites is 2. The third-order valence-electron chi connectivity index (χ3n) is 5.46. The first-order valence-corrected chi connectivity index (χ1v) is 12.1. The van der Waals surface area contributed by atoms with Gasteiger partial charge in [-0.1, -0.05) is 62.7 Å². The van der Waals surface area contributed by atoms with E-state index in [1.165, 1.54) is 0 Å².